The third-order valence-electron chi connectivity index (χ3n) is 2.99. The van der Waals surface area contributed by atoms with Crippen LogP contribution >= 0.6 is 27.5 Å². The fourth-order valence-corrected chi connectivity index (χ4v) is 2.80. The number of nitrogens with one attached hydrogen (secondary N) is 1. The van der Waals surface area contributed by atoms with Gasteiger partial charge >= 0.3 is 0 Å². The van der Waals surface area contributed by atoms with Gasteiger partial charge in [0, 0.05) is 33.4 Å². The molecule has 2 aromatic rings. The molecule has 100 valence electrons. The molecule has 1 aromatic heterocycles. The van der Waals surface area contributed by atoms with Crippen LogP contribution in [0.15, 0.2) is 22.7 Å². The molecule has 0 spiro atoms. The molecular weight excluding hydrogens is 326 g/mol. The first-order valence-corrected chi connectivity index (χ1v) is 7.24. The zero-order chi connectivity index (χ0) is 14.0. The van der Waals surface area contributed by atoms with E-state index >= 15 is 0 Å². The number of benzene rings is 1. The molecule has 0 saturated heterocycles. The van der Waals surface area contributed by atoms with Crippen molar-refractivity contribution in [2.45, 2.75) is 20.3 Å². The molecule has 0 amide bonds. The van der Waals surface area contributed by atoms with E-state index < -0.39 is 0 Å². The second-order valence-corrected chi connectivity index (χ2v) is 5.49. The van der Waals surface area contributed by atoms with Gasteiger partial charge in [0.15, 0.2) is 5.82 Å². The Morgan fingerprint density at radius 1 is 1.32 bits per heavy atom. The molecule has 1 heterocycles. The summed E-state index contributed by atoms with van der Waals surface area (Å²) in [6.45, 7) is 4.13. The van der Waals surface area contributed by atoms with E-state index in [1.165, 1.54) is 0 Å². The van der Waals surface area contributed by atoms with Crippen molar-refractivity contribution in [1.82, 2.24) is 9.97 Å². The molecule has 0 saturated carbocycles. The molecule has 19 heavy (non-hydrogen) atoms. The van der Waals surface area contributed by atoms with Crippen LogP contribution in [0, 0.1) is 6.92 Å². The molecule has 0 aliphatic carbocycles. The standard InChI is InChI=1S/C14H15BrClN3/c1-4-12-8(2)13(17-3)19-14(18-12)10-6-5-9(16)7-11(10)15/h5-7H,4H2,1-3H3,(H,17,18,19). The van der Waals surface area contributed by atoms with Gasteiger partial charge in [-0.15, -0.1) is 0 Å². The van der Waals surface area contributed by atoms with E-state index in [2.05, 4.69) is 38.1 Å². The summed E-state index contributed by atoms with van der Waals surface area (Å²) in [5.41, 5.74) is 3.09. The van der Waals surface area contributed by atoms with Gasteiger partial charge in [0.1, 0.15) is 5.82 Å². The van der Waals surface area contributed by atoms with Crippen molar-refractivity contribution in [1.29, 1.82) is 0 Å². The van der Waals surface area contributed by atoms with Crippen LogP contribution in [-0.2, 0) is 6.42 Å². The number of nitrogens with zero attached hydrogens (tertiary/aromatic N) is 2. The quantitative estimate of drug-likeness (QED) is 0.895. The van der Waals surface area contributed by atoms with Crippen LogP contribution in [0.3, 0.4) is 0 Å². The number of halogens is 2. The minimum Gasteiger partial charge on any atom is -0.373 e. The highest BCUT2D eigenvalue weighted by atomic mass is 79.9. The molecule has 3 nitrogen and oxygen atoms in total. The Labute approximate surface area is 126 Å². The Balaban J connectivity index is 2.62. The Morgan fingerprint density at radius 2 is 2.05 bits per heavy atom. The van der Waals surface area contributed by atoms with Crippen LogP contribution < -0.4 is 5.32 Å². The van der Waals surface area contributed by atoms with Gasteiger partial charge in [-0.05, 0) is 47.5 Å². The maximum Gasteiger partial charge on any atom is 0.162 e. The Bertz CT molecular complexity index is 589. The maximum absolute atomic E-state index is 5.96. The van der Waals surface area contributed by atoms with Gasteiger partial charge in [-0.25, -0.2) is 9.97 Å². The third kappa shape index (κ3) is 2.90. The lowest BCUT2D eigenvalue weighted by molar-refractivity contribution is 0.977. The van der Waals surface area contributed by atoms with Crippen LogP contribution in [0.5, 0.6) is 0 Å². The van der Waals surface area contributed by atoms with E-state index in [0.29, 0.717) is 10.8 Å². The predicted molar refractivity (Wildman–Crippen MR) is 83.8 cm³/mol. The number of hydrogen-bond donors (Lipinski definition) is 1. The average molecular weight is 341 g/mol. The highest BCUT2D eigenvalue weighted by Gasteiger charge is 2.12. The highest BCUT2D eigenvalue weighted by molar-refractivity contribution is 9.10. The van der Waals surface area contributed by atoms with E-state index in [4.69, 9.17) is 11.6 Å². The average Bonchev–Trinajstić information content (AvgIpc) is 2.39. The Kier molecular flexibility index (Phi) is 4.42. The smallest absolute Gasteiger partial charge is 0.162 e. The van der Waals surface area contributed by atoms with Crippen LogP contribution in [0.4, 0.5) is 5.82 Å². The van der Waals surface area contributed by atoms with Crippen molar-refractivity contribution in [3.05, 3.63) is 39.0 Å². The lowest BCUT2D eigenvalue weighted by atomic mass is 10.1. The molecule has 1 aromatic carbocycles. The minimum absolute atomic E-state index is 0.687. The van der Waals surface area contributed by atoms with Crippen LogP contribution in [-0.4, -0.2) is 17.0 Å². The summed E-state index contributed by atoms with van der Waals surface area (Å²) in [5.74, 6) is 1.57. The Morgan fingerprint density at radius 3 is 2.63 bits per heavy atom. The monoisotopic (exact) mass is 339 g/mol. The van der Waals surface area contributed by atoms with E-state index in [1.807, 2.05) is 32.2 Å². The van der Waals surface area contributed by atoms with Crippen molar-refractivity contribution in [2.24, 2.45) is 0 Å². The molecule has 5 heteroatoms. The second-order valence-electron chi connectivity index (χ2n) is 4.20. The molecule has 1 N–H and O–H groups in total. The topological polar surface area (TPSA) is 37.8 Å². The number of rotatable bonds is 3. The van der Waals surface area contributed by atoms with Crippen LogP contribution in [0.2, 0.25) is 5.02 Å². The van der Waals surface area contributed by atoms with E-state index in [1.54, 1.807) is 0 Å². The molecule has 0 radical (unpaired) electrons. The SMILES string of the molecule is CCc1nc(-c2ccc(Cl)cc2Br)nc(NC)c1C. The number of aryl methyl sites for hydroxylation is 1. The normalized spacial score (nSPS) is 10.6. The van der Waals surface area contributed by atoms with Gasteiger partial charge in [0.2, 0.25) is 0 Å². The lowest BCUT2D eigenvalue weighted by Gasteiger charge is -2.12. The third-order valence-corrected chi connectivity index (χ3v) is 3.88. The summed E-state index contributed by atoms with van der Waals surface area (Å²) in [7, 11) is 1.87. The molecule has 2 rings (SSSR count). The number of anilines is 1. The summed E-state index contributed by atoms with van der Waals surface area (Å²) in [4.78, 5) is 9.20. The highest BCUT2D eigenvalue weighted by Crippen LogP contribution is 2.30. The summed E-state index contributed by atoms with van der Waals surface area (Å²) >= 11 is 9.47. The lowest BCUT2D eigenvalue weighted by Crippen LogP contribution is -2.04. The van der Waals surface area contributed by atoms with Gasteiger partial charge in [0.05, 0.1) is 0 Å². The van der Waals surface area contributed by atoms with Crippen LogP contribution in [0.25, 0.3) is 11.4 Å². The maximum atomic E-state index is 5.96. The Hall–Kier alpha value is -1.13. The van der Waals surface area contributed by atoms with Gasteiger partial charge in [-0.3, -0.25) is 0 Å². The van der Waals surface area contributed by atoms with Gasteiger partial charge in [-0.1, -0.05) is 18.5 Å². The van der Waals surface area contributed by atoms with Crippen molar-refractivity contribution in [3.8, 4) is 11.4 Å². The van der Waals surface area contributed by atoms with Crippen molar-refractivity contribution in [2.75, 3.05) is 12.4 Å². The van der Waals surface area contributed by atoms with E-state index in [-0.39, 0.29) is 0 Å². The van der Waals surface area contributed by atoms with Gasteiger partial charge in [0.25, 0.3) is 0 Å². The molecule has 0 fully saturated rings. The fourth-order valence-electron chi connectivity index (χ4n) is 1.94. The zero-order valence-electron chi connectivity index (χ0n) is 11.1. The van der Waals surface area contributed by atoms with Crippen LogP contribution in [0.1, 0.15) is 18.2 Å². The summed E-state index contributed by atoms with van der Waals surface area (Å²) in [6.07, 6.45) is 0.876. The number of hydrogen-bond acceptors (Lipinski definition) is 3. The molecule has 0 atom stereocenters. The molecule has 0 unspecified atom stereocenters. The first-order chi connectivity index (χ1) is 9.06. The van der Waals surface area contributed by atoms with E-state index in [9.17, 15) is 0 Å². The van der Waals surface area contributed by atoms with Crippen molar-refractivity contribution < 1.29 is 0 Å². The van der Waals surface area contributed by atoms with Crippen molar-refractivity contribution >= 4 is 33.3 Å². The first kappa shape index (κ1) is 14.3. The van der Waals surface area contributed by atoms with Crippen molar-refractivity contribution in [3.63, 3.8) is 0 Å². The number of aromatic nitrogens is 2. The largest absolute Gasteiger partial charge is 0.373 e. The predicted octanol–water partition coefficient (Wildman–Crippen LogP) is 4.47. The summed E-state index contributed by atoms with van der Waals surface area (Å²) in [6, 6.07) is 5.62. The molecule has 0 aliphatic rings. The van der Waals surface area contributed by atoms with Gasteiger partial charge in [-0.2, -0.15) is 0 Å². The fraction of sp³-hybridized carbons (Fsp3) is 0.286. The van der Waals surface area contributed by atoms with Gasteiger partial charge < -0.3 is 5.32 Å². The molecule has 0 aliphatic heterocycles. The minimum atomic E-state index is 0.687. The first-order valence-electron chi connectivity index (χ1n) is 6.07. The zero-order valence-corrected chi connectivity index (χ0v) is 13.4. The molecule has 0 bridgehead atoms. The molecular formula is C14H15BrClN3. The second kappa shape index (κ2) is 5.88. The summed E-state index contributed by atoms with van der Waals surface area (Å²) < 4.78 is 0.896. The van der Waals surface area contributed by atoms with E-state index in [0.717, 1.165) is 33.5 Å². The summed E-state index contributed by atoms with van der Waals surface area (Å²) in [5, 5.41) is 3.81.